The highest BCUT2D eigenvalue weighted by molar-refractivity contribution is 5.71. The lowest BCUT2D eigenvalue weighted by Crippen LogP contribution is -2.04. The van der Waals surface area contributed by atoms with Gasteiger partial charge in [-0.15, -0.1) is 0 Å². The second-order valence-electron chi connectivity index (χ2n) is 3.83. The summed E-state index contributed by atoms with van der Waals surface area (Å²) in [5.41, 5.74) is -3.01. The van der Waals surface area contributed by atoms with Crippen molar-refractivity contribution in [1.29, 1.82) is 0 Å². The van der Waals surface area contributed by atoms with Crippen LogP contribution in [-0.2, 0) is 6.18 Å². The van der Waals surface area contributed by atoms with Gasteiger partial charge in [-0.3, -0.25) is 10.1 Å². The van der Waals surface area contributed by atoms with Crippen molar-refractivity contribution in [2.75, 3.05) is 0 Å². The van der Waals surface area contributed by atoms with Crippen LogP contribution in [0, 0.1) is 21.7 Å². The number of hydrogen-bond donors (Lipinski definition) is 1. The third-order valence-electron chi connectivity index (χ3n) is 2.51. The summed E-state index contributed by atoms with van der Waals surface area (Å²) >= 11 is 0. The first-order valence-corrected chi connectivity index (χ1v) is 5.10. The zero-order chi connectivity index (χ0) is 15.1. The Morgan fingerprint density at radius 3 is 2.25 bits per heavy atom. The van der Waals surface area contributed by atoms with E-state index in [-0.39, 0.29) is 5.56 Å². The van der Waals surface area contributed by atoms with Crippen molar-refractivity contribution in [3.63, 3.8) is 0 Å². The number of benzene rings is 1. The zero-order valence-corrected chi connectivity index (χ0v) is 9.46. The Kier molecular flexibility index (Phi) is 3.20. The van der Waals surface area contributed by atoms with Gasteiger partial charge in [0.2, 0.25) is 0 Å². The first-order valence-electron chi connectivity index (χ1n) is 5.10. The minimum absolute atomic E-state index is 0.258. The highest BCUT2D eigenvalue weighted by Gasteiger charge is 2.36. The summed E-state index contributed by atoms with van der Waals surface area (Å²) < 4.78 is 63.4. The van der Waals surface area contributed by atoms with Crippen molar-refractivity contribution < 1.29 is 26.9 Å². The van der Waals surface area contributed by atoms with Crippen LogP contribution >= 0.6 is 0 Å². The summed E-state index contributed by atoms with van der Waals surface area (Å²) in [6.07, 6.45) is -4.82. The summed E-state index contributed by atoms with van der Waals surface area (Å²) in [5.74, 6) is -2.53. The smallest absolute Gasteiger partial charge is 0.345 e. The zero-order valence-electron chi connectivity index (χ0n) is 9.46. The molecule has 4 nitrogen and oxygen atoms in total. The van der Waals surface area contributed by atoms with Gasteiger partial charge in [-0.25, -0.2) is 8.78 Å². The summed E-state index contributed by atoms with van der Waals surface area (Å²) in [6.45, 7) is 0. The van der Waals surface area contributed by atoms with E-state index in [4.69, 9.17) is 0 Å². The molecule has 1 aromatic carbocycles. The second-order valence-corrected chi connectivity index (χ2v) is 3.83. The maximum atomic E-state index is 13.1. The third-order valence-corrected chi connectivity index (χ3v) is 2.51. The first-order chi connectivity index (χ1) is 9.20. The van der Waals surface area contributed by atoms with E-state index in [9.17, 15) is 32.1 Å². The topological polar surface area (TPSA) is 58.9 Å². The van der Waals surface area contributed by atoms with Crippen molar-refractivity contribution in [2.45, 2.75) is 6.18 Å². The molecule has 0 saturated heterocycles. The molecule has 2 aromatic rings. The van der Waals surface area contributed by atoms with Crippen LogP contribution in [0.15, 0.2) is 24.3 Å². The number of halogens is 5. The summed E-state index contributed by atoms with van der Waals surface area (Å²) in [4.78, 5) is 11.5. The van der Waals surface area contributed by atoms with Crippen molar-refractivity contribution in [3.05, 3.63) is 51.7 Å². The van der Waals surface area contributed by atoms with E-state index < -0.39 is 39.8 Å². The molecule has 0 atom stereocenters. The lowest BCUT2D eigenvalue weighted by atomic mass is 10.1. The van der Waals surface area contributed by atoms with Crippen LogP contribution in [0.2, 0.25) is 0 Å². The van der Waals surface area contributed by atoms with Gasteiger partial charge in [-0.2, -0.15) is 13.2 Å². The number of rotatable bonds is 2. The molecule has 0 spiro atoms. The maximum Gasteiger partial charge on any atom is 0.431 e. The Bertz CT molecular complexity index is 678. The molecule has 1 heterocycles. The lowest BCUT2D eigenvalue weighted by Gasteiger charge is -2.02. The van der Waals surface area contributed by atoms with E-state index >= 15 is 0 Å². The maximum absolute atomic E-state index is 13.1. The summed E-state index contributed by atoms with van der Waals surface area (Å²) in [7, 11) is 0. The number of H-pyrrole nitrogens is 1. The van der Waals surface area contributed by atoms with E-state index in [1.165, 1.54) is 0 Å². The van der Waals surface area contributed by atoms with Crippen LogP contribution in [0.25, 0.3) is 11.3 Å². The minimum atomic E-state index is -4.82. The quantitative estimate of drug-likeness (QED) is 0.518. The van der Waals surface area contributed by atoms with Crippen molar-refractivity contribution >= 4 is 5.69 Å². The van der Waals surface area contributed by atoms with Gasteiger partial charge in [0.05, 0.1) is 4.92 Å². The van der Waals surface area contributed by atoms with Gasteiger partial charge in [-0.1, -0.05) is 0 Å². The molecule has 0 aliphatic heterocycles. The first kappa shape index (κ1) is 14.0. The summed E-state index contributed by atoms with van der Waals surface area (Å²) in [5, 5.41) is 10.7. The average molecular weight is 292 g/mol. The lowest BCUT2D eigenvalue weighted by molar-refractivity contribution is -0.384. The van der Waals surface area contributed by atoms with Gasteiger partial charge < -0.3 is 4.98 Å². The van der Waals surface area contributed by atoms with Crippen LogP contribution in [0.3, 0.4) is 0 Å². The van der Waals surface area contributed by atoms with E-state index in [1.807, 2.05) is 4.98 Å². The third kappa shape index (κ3) is 2.46. The van der Waals surface area contributed by atoms with Crippen LogP contribution in [0.5, 0.6) is 0 Å². The number of aromatic nitrogens is 1. The molecule has 0 aliphatic rings. The number of aromatic amines is 1. The molecule has 0 aliphatic carbocycles. The summed E-state index contributed by atoms with van der Waals surface area (Å²) in [6, 6.07) is 2.49. The van der Waals surface area contributed by atoms with Crippen LogP contribution in [0.1, 0.15) is 5.69 Å². The van der Waals surface area contributed by atoms with Gasteiger partial charge in [0, 0.05) is 11.6 Å². The molecule has 0 bridgehead atoms. The van der Waals surface area contributed by atoms with Crippen LogP contribution < -0.4 is 0 Å². The van der Waals surface area contributed by atoms with Crippen molar-refractivity contribution in [1.82, 2.24) is 4.98 Å². The molecule has 0 saturated carbocycles. The Morgan fingerprint density at radius 1 is 1.10 bits per heavy atom. The average Bonchev–Trinajstić information content (AvgIpc) is 2.77. The highest BCUT2D eigenvalue weighted by Crippen LogP contribution is 2.37. The van der Waals surface area contributed by atoms with E-state index in [0.29, 0.717) is 18.2 Å². The molecular formula is C11H5F5N2O2. The van der Waals surface area contributed by atoms with Gasteiger partial charge in [0.1, 0.15) is 11.4 Å². The standard InChI is InChI=1S/C11H5F5N2O2/c12-6-2-1-5(3-7(6)13)10-8(18(19)20)4-9(17-10)11(14,15)16/h1-4,17H. The predicted molar refractivity (Wildman–Crippen MR) is 57.8 cm³/mol. The Hall–Kier alpha value is -2.45. The Balaban J connectivity index is 2.63. The number of alkyl halides is 3. The molecule has 0 fully saturated rings. The Morgan fingerprint density at radius 2 is 1.75 bits per heavy atom. The van der Waals surface area contributed by atoms with Crippen molar-refractivity contribution in [3.8, 4) is 11.3 Å². The fraction of sp³-hybridized carbons (Fsp3) is 0.0909. The molecule has 106 valence electrons. The number of nitro groups is 1. The van der Waals surface area contributed by atoms with Gasteiger partial charge in [-0.05, 0) is 18.2 Å². The molecule has 9 heteroatoms. The van der Waals surface area contributed by atoms with Gasteiger partial charge >= 0.3 is 6.18 Å². The van der Waals surface area contributed by atoms with Crippen molar-refractivity contribution in [2.24, 2.45) is 0 Å². The van der Waals surface area contributed by atoms with E-state index in [2.05, 4.69) is 0 Å². The molecule has 0 radical (unpaired) electrons. The molecule has 20 heavy (non-hydrogen) atoms. The van der Waals surface area contributed by atoms with Crippen LogP contribution in [-0.4, -0.2) is 9.91 Å². The van der Waals surface area contributed by atoms with Gasteiger partial charge in [0.15, 0.2) is 11.6 Å². The highest BCUT2D eigenvalue weighted by atomic mass is 19.4. The molecule has 1 aromatic heterocycles. The van der Waals surface area contributed by atoms with Crippen LogP contribution in [0.4, 0.5) is 27.6 Å². The fourth-order valence-electron chi connectivity index (χ4n) is 1.61. The SMILES string of the molecule is O=[N+]([O-])c1cc(C(F)(F)F)[nH]c1-c1ccc(F)c(F)c1. The normalized spacial score (nSPS) is 11.7. The fourth-order valence-corrected chi connectivity index (χ4v) is 1.61. The van der Waals surface area contributed by atoms with E-state index in [1.54, 1.807) is 0 Å². The second kappa shape index (κ2) is 4.58. The molecule has 0 unspecified atom stereocenters. The van der Waals surface area contributed by atoms with Gasteiger partial charge in [0.25, 0.3) is 5.69 Å². The predicted octanol–water partition coefficient (Wildman–Crippen LogP) is 3.89. The Labute approximate surface area is 108 Å². The molecule has 0 amide bonds. The van der Waals surface area contributed by atoms with E-state index in [0.717, 1.165) is 6.07 Å². The minimum Gasteiger partial charge on any atom is -0.345 e. The molecular weight excluding hydrogens is 287 g/mol. The molecule has 2 rings (SSSR count). The molecule has 1 N–H and O–H groups in total. The monoisotopic (exact) mass is 292 g/mol. The largest absolute Gasteiger partial charge is 0.431 e. The number of nitrogens with one attached hydrogen (secondary N) is 1. The number of nitrogens with zero attached hydrogens (tertiary/aromatic N) is 1. The number of hydrogen-bond acceptors (Lipinski definition) is 2.